The second kappa shape index (κ2) is 5.48. The summed E-state index contributed by atoms with van der Waals surface area (Å²) in [7, 11) is 1.53. The van der Waals surface area contributed by atoms with Crippen LogP contribution in [0.1, 0.15) is 16.1 Å². The highest BCUT2D eigenvalue weighted by atomic mass is 16.2. The number of rotatable bonds is 3. The first-order valence-electron chi connectivity index (χ1n) is 5.97. The van der Waals surface area contributed by atoms with Crippen LogP contribution in [0, 0.1) is 6.92 Å². The number of amides is 2. The van der Waals surface area contributed by atoms with Gasteiger partial charge in [-0.15, -0.1) is 0 Å². The standard InChI is InChI=1S/C14H15N3O2/c1-9-7-11(14(19)16-8-13(18)15-2)10-5-3-4-6-12(10)17-9/h3-7H,8H2,1-2H3,(H,15,18)(H,16,19). The summed E-state index contributed by atoms with van der Waals surface area (Å²) in [6.45, 7) is 1.80. The predicted molar refractivity (Wildman–Crippen MR) is 72.9 cm³/mol. The highest BCUT2D eigenvalue weighted by Crippen LogP contribution is 2.17. The van der Waals surface area contributed by atoms with Crippen molar-refractivity contribution in [3.05, 3.63) is 41.6 Å². The molecule has 0 aliphatic rings. The summed E-state index contributed by atoms with van der Waals surface area (Å²) >= 11 is 0. The molecular formula is C14H15N3O2. The van der Waals surface area contributed by atoms with Gasteiger partial charge in [-0.3, -0.25) is 14.6 Å². The van der Waals surface area contributed by atoms with E-state index in [9.17, 15) is 9.59 Å². The first kappa shape index (κ1) is 13.0. The molecule has 0 atom stereocenters. The van der Waals surface area contributed by atoms with E-state index in [1.807, 2.05) is 31.2 Å². The van der Waals surface area contributed by atoms with E-state index >= 15 is 0 Å². The average Bonchev–Trinajstić information content (AvgIpc) is 2.43. The lowest BCUT2D eigenvalue weighted by molar-refractivity contribution is -0.119. The minimum absolute atomic E-state index is 0.0367. The van der Waals surface area contributed by atoms with Gasteiger partial charge in [-0.05, 0) is 19.1 Å². The number of para-hydroxylation sites is 1. The molecule has 0 saturated heterocycles. The minimum atomic E-state index is -0.273. The molecule has 19 heavy (non-hydrogen) atoms. The van der Waals surface area contributed by atoms with Crippen LogP contribution in [0.25, 0.3) is 10.9 Å². The van der Waals surface area contributed by atoms with Crippen LogP contribution in [-0.4, -0.2) is 30.4 Å². The number of hydrogen-bond donors (Lipinski definition) is 2. The van der Waals surface area contributed by atoms with E-state index in [0.717, 1.165) is 16.6 Å². The number of hydrogen-bond acceptors (Lipinski definition) is 3. The first-order chi connectivity index (χ1) is 9.11. The summed E-state index contributed by atoms with van der Waals surface area (Å²) in [5, 5.41) is 5.82. The summed E-state index contributed by atoms with van der Waals surface area (Å²) < 4.78 is 0. The SMILES string of the molecule is CNC(=O)CNC(=O)c1cc(C)nc2ccccc12. The molecule has 98 valence electrons. The van der Waals surface area contributed by atoms with Gasteiger partial charge in [0.05, 0.1) is 17.6 Å². The van der Waals surface area contributed by atoms with Crippen molar-refractivity contribution in [3.8, 4) is 0 Å². The smallest absolute Gasteiger partial charge is 0.252 e. The topological polar surface area (TPSA) is 71.1 Å². The van der Waals surface area contributed by atoms with Gasteiger partial charge in [0, 0.05) is 18.1 Å². The van der Waals surface area contributed by atoms with Gasteiger partial charge in [-0.1, -0.05) is 18.2 Å². The lowest BCUT2D eigenvalue weighted by Gasteiger charge is -2.08. The normalized spacial score (nSPS) is 10.2. The number of aryl methyl sites for hydroxylation is 1. The van der Waals surface area contributed by atoms with Gasteiger partial charge in [-0.2, -0.15) is 0 Å². The van der Waals surface area contributed by atoms with Gasteiger partial charge < -0.3 is 10.6 Å². The highest BCUT2D eigenvalue weighted by molar-refractivity contribution is 6.07. The van der Waals surface area contributed by atoms with E-state index in [1.54, 1.807) is 6.07 Å². The minimum Gasteiger partial charge on any atom is -0.358 e. The Kier molecular flexibility index (Phi) is 3.75. The Hall–Kier alpha value is -2.43. The zero-order valence-corrected chi connectivity index (χ0v) is 10.9. The number of aromatic nitrogens is 1. The van der Waals surface area contributed by atoms with Crippen molar-refractivity contribution in [1.82, 2.24) is 15.6 Å². The van der Waals surface area contributed by atoms with Crippen LogP contribution in [0.2, 0.25) is 0 Å². The largest absolute Gasteiger partial charge is 0.358 e. The maximum atomic E-state index is 12.1. The lowest BCUT2D eigenvalue weighted by atomic mass is 10.1. The Morgan fingerprint density at radius 2 is 2.00 bits per heavy atom. The molecule has 5 nitrogen and oxygen atoms in total. The van der Waals surface area contributed by atoms with Crippen molar-refractivity contribution < 1.29 is 9.59 Å². The maximum Gasteiger partial charge on any atom is 0.252 e. The van der Waals surface area contributed by atoms with E-state index in [4.69, 9.17) is 0 Å². The van der Waals surface area contributed by atoms with E-state index < -0.39 is 0 Å². The van der Waals surface area contributed by atoms with Crippen LogP contribution in [0.3, 0.4) is 0 Å². The molecule has 1 heterocycles. The van der Waals surface area contributed by atoms with Crippen LogP contribution in [0.15, 0.2) is 30.3 Å². The molecule has 5 heteroatoms. The van der Waals surface area contributed by atoms with Gasteiger partial charge in [0.2, 0.25) is 5.91 Å². The van der Waals surface area contributed by atoms with Crippen molar-refractivity contribution in [2.24, 2.45) is 0 Å². The Morgan fingerprint density at radius 1 is 1.26 bits per heavy atom. The Labute approximate surface area is 111 Å². The van der Waals surface area contributed by atoms with E-state index in [-0.39, 0.29) is 18.4 Å². The van der Waals surface area contributed by atoms with Gasteiger partial charge in [0.25, 0.3) is 5.91 Å². The Bertz CT molecular complexity index is 638. The van der Waals surface area contributed by atoms with E-state index in [0.29, 0.717) is 5.56 Å². The third kappa shape index (κ3) is 2.88. The molecule has 1 aromatic heterocycles. The third-order valence-electron chi connectivity index (χ3n) is 2.78. The van der Waals surface area contributed by atoms with Crippen molar-refractivity contribution in [2.75, 3.05) is 13.6 Å². The summed E-state index contributed by atoms with van der Waals surface area (Å²) in [4.78, 5) is 27.6. The van der Waals surface area contributed by atoms with Crippen LogP contribution in [0.5, 0.6) is 0 Å². The lowest BCUT2D eigenvalue weighted by Crippen LogP contribution is -2.35. The molecule has 2 rings (SSSR count). The number of likely N-dealkylation sites (N-methyl/N-ethyl adjacent to an activating group) is 1. The van der Waals surface area contributed by atoms with Crippen molar-refractivity contribution >= 4 is 22.7 Å². The molecule has 0 aliphatic heterocycles. The monoisotopic (exact) mass is 257 g/mol. The van der Waals surface area contributed by atoms with E-state index in [2.05, 4.69) is 15.6 Å². The van der Waals surface area contributed by atoms with Gasteiger partial charge in [0.15, 0.2) is 0 Å². The molecule has 0 spiro atoms. The second-order valence-corrected chi connectivity index (χ2v) is 4.18. The fourth-order valence-electron chi connectivity index (χ4n) is 1.84. The van der Waals surface area contributed by atoms with Crippen LogP contribution >= 0.6 is 0 Å². The molecule has 0 bridgehead atoms. The summed E-state index contributed by atoms with van der Waals surface area (Å²) in [6, 6.07) is 9.16. The van der Waals surface area contributed by atoms with Crippen LogP contribution in [-0.2, 0) is 4.79 Å². The van der Waals surface area contributed by atoms with Crippen LogP contribution < -0.4 is 10.6 Å². The fourth-order valence-corrected chi connectivity index (χ4v) is 1.84. The van der Waals surface area contributed by atoms with Gasteiger partial charge >= 0.3 is 0 Å². The van der Waals surface area contributed by atoms with Gasteiger partial charge in [0.1, 0.15) is 0 Å². The highest BCUT2D eigenvalue weighted by Gasteiger charge is 2.12. The van der Waals surface area contributed by atoms with Crippen molar-refractivity contribution in [3.63, 3.8) is 0 Å². The first-order valence-corrected chi connectivity index (χ1v) is 5.97. The average molecular weight is 257 g/mol. The number of fused-ring (bicyclic) bond motifs is 1. The molecule has 0 unspecified atom stereocenters. The van der Waals surface area contributed by atoms with Crippen molar-refractivity contribution in [2.45, 2.75) is 6.92 Å². The molecule has 1 aromatic carbocycles. The van der Waals surface area contributed by atoms with Crippen LogP contribution in [0.4, 0.5) is 0 Å². The quantitative estimate of drug-likeness (QED) is 0.862. The fraction of sp³-hybridized carbons (Fsp3) is 0.214. The van der Waals surface area contributed by atoms with E-state index in [1.165, 1.54) is 7.05 Å². The zero-order chi connectivity index (χ0) is 13.8. The molecule has 2 aromatic rings. The number of nitrogens with zero attached hydrogens (tertiary/aromatic N) is 1. The second-order valence-electron chi connectivity index (χ2n) is 4.18. The maximum absolute atomic E-state index is 12.1. The number of carbonyl (C=O) groups is 2. The molecule has 2 N–H and O–H groups in total. The predicted octanol–water partition coefficient (Wildman–Crippen LogP) is 1.02. The van der Waals surface area contributed by atoms with Crippen molar-refractivity contribution in [1.29, 1.82) is 0 Å². The number of benzene rings is 1. The molecule has 0 saturated carbocycles. The number of pyridine rings is 1. The number of carbonyl (C=O) groups excluding carboxylic acids is 2. The Balaban J connectivity index is 2.33. The molecule has 0 aliphatic carbocycles. The molecule has 0 radical (unpaired) electrons. The summed E-state index contributed by atoms with van der Waals surface area (Å²) in [5.41, 5.74) is 2.07. The zero-order valence-electron chi connectivity index (χ0n) is 10.9. The Morgan fingerprint density at radius 3 is 2.74 bits per heavy atom. The molecular weight excluding hydrogens is 242 g/mol. The van der Waals surface area contributed by atoms with Gasteiger partial charge in [-0.25, -0.2) is 0 Å². The summed E-state index contributed by atoms with van der Waals surface area (Å²) in [5.74, 6) is -0.506. The number of nitrogens with one attached hydrogen (secondary N) is 2. The molecule has 2 amide bonds. The summed E-state index contributed by atoms with van der Waals surface area (Å²) in [6.07, 6.45) is 0. The molecule has 0 fully saturated rings. The third-order valence-corrected chi connectivity index (χ3v) is 2.78.